The molecule has 0 N–H and O–H groups in total. The molecule has 1 heterocycles. The van der Waals surface area contributed by atoms with Crippen LogP contribution in [-0.4, -0.2) is 16.1 Å². The van der Waals surface area contributed by atoms with Gasteiger partial charge in [-0.15, -0.1) is 0 Å². The third kappa shape index (κ3) is 5.41. The van der Waals surface area contributed by atoms with Gasteiger partial charge >= 0.3 is 51.4 Å². The zero-order valence-corrected chi connectivity index (χ0v) is 16.2. The molecule has 1 aromatic heterocycles. The van der Waals surface area contributed by atoms with Crippen LogP contribution in [0.1, 0.15) is 15.9 Å². The van der Waals surface area contributed by atoms with Gasteiger partial charge in [0.1, 0.15) is 10.8 Å². The third-order valence-electron chi connectivity index (χ3n) is 2.54. The van der Waals surface area contributed by atoms with Crippen LogP contribution in [0.25, 0.3) is 0 Å². The van der Waals surface area contributed by atoms with E-state index in [1.807, 2.05) is 0 Å². The fourth-order valence-corrected chi connectivity index (χ4v) is 2.61. The van der Waals surface area contributed by atoms with E-state index in [0.29, 0.717) is 17.3 Å². The smallest absolute Gasteiger partial charge is 0.545 e. The molecule has 0 unspecified atom stereocenters. The average molecular weight is 364 g/mol. The number of carbonyl (C=O) groups is 2. The van der Waals surface area contributed by atoms with E-state index in [1.165, 1.54) is 36.5 Å². The molecule has 0 amide bonds. The maximum Gasteiger partial charge on any atom is 1.00 e. The van der Waals surface area contributed by atoms with E-state index in [4.69, 9.17) is 11.6 Å². The first kappa shape index (κ1) is 19.8. The Labute approximate surface area is 177 Å². The van der Waals surface area contributed by atoms with Gasteiger partial charge in [0.15, 0.2) is 5.12 Å². The predicted octanol–water partition coefficient (Wildman–Crippen LogP) is -0.897. The second-order valence-corrected chi connectivity index (χ2v) is 5.48. The minimum absolute atomic E-state index is 0. The molecule has 0 spiro atoms. The van der Waals surface area contributed by atoms with Crippen LogP contribution in [0.5, 0.6) is 0 Å². The molecule has 0 bridgehead atoms. The summed E-state index contributed by atoms with van der Waals surface area (Å²) in [6.45, 7) is 0. The van der Waals surface area contributed by atoms with E-state index in [9.17, 15) is 19.1 Å². The summed E-state index contributed by atoms with van der Waals surface area (Å²) >= 11 is 6.53. The zero-order valence-electron chi connectivity index (χ0n) is 11.5. The zero-order chi connectivity index (χ0) is 15.4. The number of pyridine rings is 1. The molecule has 0 radical (unpaired) electrons. The molecule has 4 nitrogen and oxygen atoms in total. The number of hydrogen-bond donors (Lipinski definition) is 0. The maximum absolute atomic E-state index is 13.1. The van der Waals surface area contributed by atoms with Crippen molar-refractivity contribution < 1.29 is 70.5 Å². The summed E-state index contributed by atoms with van der Waals surface area (Å²) in [5.41, 5.74) is 0.168. The van der Waals surface area contributed by atoms with Crippen LogP contribution >= 0.6 is 23.4 Å². The van der Waals surface area contributed by atoms with Gasteiger partial charge in [-0.3, -0.25) is 4.79 Å². The van der Waals surface area contributed by atoms with E-state index >= 15 is 0 Å². The number of aromatic carboxylic acids is 1. The van der Waals surface area contributed by atoms with Gasteiger partial charge in [0, 0.05) is 23.2 Å². The summed E-state index contributed by atoms with van der Waals surface area (Å²) in [6.07, 6.45) is 1.24. The van der Waals surface area contributed by atoms with Gasteiger partial charge in [-0.2, -0.15) is 0 Å². The number of carboxylic acid groups (broad SMARTS) is 1. The normalized spacial score (nSPS) is 9.91. The van der Waals surface area contributed by atoms with Crippen molar-refractivity contribution in [3.8, 4) is 0 Å². The third-order valence-corrected chi connectivity index (χ3v) is 3.80. The molecule has 22 heavy (non-hydrogen) atoms. The molecule has 8 heteroatoms. The van der Waals surface area contributed by atoms with E-state index in [2.05, 4.69) is 4.98 Å². The van der Waals surface area contributed by atoms with Gasteiger partial charge in [-0.25, -0.2) is 9.37 Å². The second-order valence-electron chi connectivity index (χ2n) is 4.03. The number of halogens is 2. The first-order valence-corrected chi connectivity index (χ1v) is 6.98. The molecule has 0 aliphatic carbocycles. The number of hydrogen-bond acceptors (Lipinski definition) is 5. The van der Waals surface area contributed by atoms with Crippen molar-refractivity contribution in [1.82, 2.24) is 4.98 Å². The Morgan fingerprint density at radius 2 is 2.05 bits per heavy atom. The molecule has 1 aromatic carbocycles. The molecule has 0 saturated heterocycles. The van der Waals surface area contributed by atoms with Crippen LogP contribution < -0.4 is 56.5 Å². The van der Waals surface area contributed by atoms with Gasteiger partial charge in [-0.05, 0) is 47.7 Å². The number of carbonyl (C=O) groups excluding carboxylic acids is 2. The van der Waals surface area contributed by atoms with Crippen molar-refractivity contribution in [3.05, 3.63) is 58.5 Å². The Kier molecular flexibility index (Phi) is 8.19. The molecule has 0 saturated carbocycles. The molecule has 0 aliphatic heterocycles. The summed E-state index contributed by atoms with van der Waals surface area (Å²) in [5, 5.41) is 10.8. The fourth-order valence-electron chi connectivity index (χ4n) is 1.61. The maximum atomic E-state index is 13.1. The van der Waals surface area contributed by atoms with Crippen molar-refractivity contribution in [2.45, 2.75) is 11.4 Å². The van der Waals surface area contributed by atoms with Crippen LogP contribution in [0.3, 0.4) is 0 Å². The van der Waals surface area contributed by atoms with Crippen LogP contribution in [-0.2, 0) is 11.2 Å². The Morgan fingerprint density at radius 1 is 1.32 bits per heavy atom. The van der Waals surface area contributed by atoms with Crippen LogP contribution in [0, 0.1) is 5.82 Å². The summed E-state index contributed by atoms with van der Waals surface area (Å²) in [7, 11) is 0. The summed E-state index contributed by atoms with van der Waals surface area (Å²) < 4.78 is 13.1. The van der Waals surface area contributed by atoms with Gasteiger partial charge < -0.3 is 9.90 Å². The van der Waals surface area contributed by atoms with Crippen LogP contribution in [0.4, 0.5) is 4.39 Å². The van der Waals surface area contributed by atoms with Crippen molar-refractivity contribution in [2.24, 2.45) is 0 Å². The fraction of sp³-hybridized carbons (Fsp3) is 0.0714. The number of thioether (sulfide) groups is 1. The standard InChI is InChI=1S/C14H9ClFNO3S.K/c15-11-4-3-9(16)6-8(11)7-12(18)21-13-10(14(19)20)2-1-5-17-13;/h1-6H,7H2,(H,19,20);/q;+1/p-1. The molecule has 0 aliphatic rings. The van der Waals surface area contributed by atoms with E-state index < -0.39 is 16.9 Å². The Hall–Kier alpha value is -0.284. The van der Waals surface area contributed by atoms with Crippen molar-refractivity contribution in [1.29, 1.82) is 0 Å². The minimum atomic E-state index is -1.41. The molecule has 2 aromatic rings. The van der Waals surface area contributed by atoms with Crippen LogP contribution in [0.2, 0.25) is 5.02 Å². The van der Waals surface area contributed by atoms with Crippen LogP contribution in [0.15, 0.2) is 41.6 Å². The quantitative estimate of drug-likeness (QED) is 0.520. The van der Waals surface area contributed by atoms with Gasteiger partial charge in [0.25, 0.3) is 0 Å². The van der Waals surface area contributed by atoms with Gasteiger partial charge in [0.05, 0.1) is 5.97 Å². The largest absolute Gasteiger partial charge is 1.00 e. The first-order chi connectivity index (χ1) is 9.97. The van der Waals surface area contributed by atoms with Gasteiger partial charge in [0.2, 0.25) is 0 Å². The molecule has 0 atom stereocenters. The van der Waals surface area contributed by atoms with Crippen molar-refractivity contribution >= 4 is 34.4 Å². The number of aromatic nitrogens is 1. The number of carboxylic acids is 1. The summed E-state index contributed by atoms with van der Waals surface area (Å²) in [4.78, 5) is 26.7. The molecular weight excluding hydrogens is 356 g/mol. The van der Waals surface area contributed by atoms with E-state index in [1.54, 1.807) is 0 Å². The Balaban J connectivity index is 0.00000242. The minimum Gasteiger partial charge on any atom is -0.545 e. The number of nitrogens with zero attached hydrogens (tertiary/aromatic N) is 1. The Morgan fingerprint density at radius 3 is 2.73 bits per heavy atom. The van der Waals surface area contributed by atoms with Gasteiger partial charge in [-0.1, -0.05) is 11.6 Å². The predicted molar refractivity (Wildman–Crippen MR) is 74.5 cm³/mol. The monoisotopic (exact) mass is 363 g/mol. The topological polar surface area (TPSA) is 70.1 Å². The summed E-state index contributed by atoms with van der Waals surface area (Å²) in [6, 6.07) is 6.45. The van der Waals surface area contributed by atoms with Crippen molar-refractivity contribution in [2.75, 3.05) is 0 Å². The molecular formula is C14H8ClFKNO3S. The van der Waals surface area contributed by atoms with Crippen molar-refractivity contribution in [3.63, 3.8) is 0 Å². The van der Waals surface area contributed by atoms with E-state index in [-0.39, 0.29) is 73.4 Å². The molecule has 108 valence electrons. The Bertz CT molecular complexity index is 714. The van der Waals surface area contributed by atoms with E-state index in [0.717, 1.165) is 0 Å². The SMILES string of the molecule is O=C(Cc1cc(F)ccc1Cl)Sc1ncccc1C(=O)[O-].[K+]. The number of rotatable bonds is 4. The summed E-state index contributed by atoms with van der Waals surface area (Å²) in [5.74, 6) is -1.91. The number of benzene rings is 1. The average Bonchev–Trinajstić information content (AvgIpc) is 2.43. The second kappa shape index (κ2) is 9.12. The first-order valence-electron chi connectivity index (χ1n) is 5.78. The molecule has 2 rings (SSSR count). The molecule has 0 fully saturated rings.